The molecule has 1 saturated heterocycles. The average molecular weight is 477 g/mol. The van der Waals surface area contributed by atoms with Gasteiger partial charge in [-0.2, -0.15) is 0 Å². The third-order valence-corrected chi connectivity index (χ3v) is 8.83. The molecule has 1 atom stereocenters. The van der Waals surface area contributed by atoms with Crippen LogP contribution in [0.2, 0.25) is 0 Å². The number of nitrogens with zero attached hydrogens (tertiary/aromatic N) is 1. The Hall–Kier alpha value is -2.07. The van der Waals surface area contributed by atoms with Crippen LogP contribution in [0.25, 0.3) is 11.3 Å². The summed E-state index contributed by atoms with van der Waals surface area (Å²) >= 11 is 0. The summed E-state index contributed by atoms with van der Waals surface area (Å²) < 4.78 is 7.97. The van der Waals surface area contributed by atoms with E-state index in [-0.39, 0.29) is 17.4 Å². The van der Waals surface area contributed by atoms with Crippen molar-refractivity contribution in [3.8, 4) is 11.3 Å². The zero-order valence-corrected chi connectivity index (χ0v) is 22.5. The lowest BCUT2D eigenvalue weighted by molar-refractivity contribution is 0.0929. The summed E-state index contributed by atoms with van der Waals surface area (Å²) in [5.41, 5.74) is 7.61. The Labute approximate surface area is 211 Å². The van der Waals surface area contributed by atoms with Gasteiger partial charge in [-0.1, -0.05) is 53.0 Å². The van der Waals surface area contributed by atoms with Crippen molar-refractivity contribution in [3.05, 3.63) is 46.6 Å². The zero-order chi connectivity index (χ0) is 24.8. The van der Waals surface area contributed by atoms with E-state index in [4.69, 9.17) is 4.74 Å². The number of aromatic nitrogens is 1. The van der Waals surface area contributed by atoms with Crippen molar-refractivity contribution in [2.45, 2.75) is 109 Å². The quantitative estimate of drug-likeness (QED) is 0.492. The van der Waals surface area contributed by atoms with Crippen LogP contribution in [-0.4, -0.2) is 29.7 Å². The highest BCUT2D eigenvalue weighted by molar-refractivity contribution is 5.97. The van der Waals surface area contributed by atoms with Crippen molar-refractivity contribution in [1.29, 1.82) is 0 Å². The Morgan fingerprint density at radius 3 is 2.46 bits per heavy atom. The number of hydrogen-bond acceptors (Lipinski definition) is 2. The Balaban J connectivity index is 1.58. The van der Waals surface area contributed by atoms with E-state index in [1.165, 1.54) is 67.3 Å². The number of carbonyl (C=O) groups excluding carboxylic acids is 1. The minimum Gasteiger partial charge on any atom is -0.379 e. The van der Waals surface area contributed by atoms with Crippen LogP contribution >= 0.6 is 0 Å². The van der Waals surface area contributed by atoms with E-state index in [0.29, 0.717) is 17.9 Å². The van der Waals surface area contributed by atoms with Gasteiger partial charge in [-0.15, -0.1) is 0 Å². The number of ether oxygens (including phenoxy) is 1. The van der Waals surface area contributed by atoms with Crippen LogP contribution < -0.4 is 5.32 Å². The molecule has 4 nitrogen and oxygen atoms in total. The molecule has 0 radical (unpaired) electrons. The molecule has 3 fully saturated rings. The molecule has 2 heterocycles. The van der Waals surface area contributed by atoms with E-state index in [9.17, 15) is 4.79 Å². The second-order valence-corrected chi connectivity index (χ2v) is 12.8. The molecule has 5 rings (SSSR count). The van der Waals surface area contributed by atoms with Crippen molar-refractivity contribution in [1.82, 2.24) is 9.88 Å². The average Bonchev–Trinajstić information content (AvgIpc) is 3.22. The van der Waals surface area contributed by atoms with Crippen molar-refractivity contribution in [2.24, 2.45) is 5.92 Å². The van der Waals surface area contributed by atoms with Gasteiger partial charge in [0.1, 0.15) is 0 Å². The predicted octanol–water partition coefficient (Wildman–Crippen LogP) is 6.91. The fourth-order valence-electron chi connectivity index (χ4n) is 5.92. The van der Waals surface area contributed by atoms with Crippen LogP contribution in [0.3, 0.4) is 0 Å². The molecule has 4 heteroatoms. The first kappa shape index (κ1) is 24.6. The van der Waals surface area contributed by atoms with Gasteiger partial charge in [0.25, 0.3) is 5.91 Å². The summed E-state index contributed by atoms with van der Waals surface area (Å²) in [5.74, 6) is 0.738. The topological polar surface area (TPSA) is 43.3 Å². The maximum Gasteiger partial charge on any atom is 0.253 e. The largest absolute Gasteiger partial charge is 0.379 e. The lowest BCUT2D eigenvalue weighted by Gasteiger charge is -2.26. The maximum atomic E-state index is 13.4. The van der Waals surface area contributed by atoms with Gasteiger partial charge >= 0.3 is 0 Å². The molecule has 1 N–H and O–H groups in total. The van der Waals surface area contributed by atoms with Gasteiger partial charge in [0.15, 0.2) is 0 Å². The first-order chi connectivity index (χ1) is 16.6. The van der Waals surface area contributed by atoms with Crippen LogP contribution in [-0.2, 0) is 22.1 Å². The second kappa shape index (κ2) is 9.42. The first-order valence-corrected chi connectivity index (χ1v) is 13.9. The van der Waals surface area contributed by atoms with Crippen LogP contribution in [0, 0.1) is 12.8 Å². The number of nitrogens with one attached hydrogen (secondary N) is 1. The van der Waals surface area contributed by atoms with Crippen LogP contribution in [0.1, 0.15) is 106 Å². The predicted molar refractivity (Wildman–Crippen MR) is 143 cm³/mol. The highest BCUT2D eigenvalue weighted by atomic mass is 16.5. The van der Waals surface area contributed by atoms with E-state index in [1.807, 2.05) is 0 Å². The van der Waals surface area contributed by atoms with E-state index < -0.39 is 0 Å². The maximum absolute atomic E-state index is 13.4. The van der Waals surface area contributed by atoms with Crippen LogP contribution in [0.5, 0.6) is 0 Å². The van der Waals surface area contributed by atoms with E-state index in [1.54, 1.807) is 0 Å². The lowest BCUT2D eigenvalue weighted by atomic mass is 9.82. The highest BCUT2D eigenvalue weighted by Gasteiger charge is 2.40. The smallest absolute Gasteiger partial charge is 0.253 e. The van der Waals surface area contributed by atoms with Gasteiger partial charge in [-0.05, 0) is 90.7 Å². The monoisotopic (exact) mass is 476 g/mol. The Bertz CT molecular complexity index is 1050. The third-order valence-electron chi connectivity index (χ3n) is 8.83. The Kier molecular flexibility index (Phi) is 6.63. The molecule has 1 aliphatic heterocycles. The van der Waals surface area contributed by atoms with Crippen LogP contribution in [0.15, 0.2) is 24.3 Å². The molecule has 3 aliphatic rings. The fourth-order valence-corrected chi connectivity index (χ4v) is 5.92. The van der Waals surface area contributed by atoms with E-state index in [0.717, 1.165) is 30.8 Å². The van der Waals surface area contributed by atoms with Crippen molar-refractivity contribution >= 4 is 5.91 Å². The molecular weight excluding hydrogens is 432 g/mol. The summed E-state index contributed by atoms with van der Waals surface area (Å²) in [5, 5.41) is 3.24. The standard InChI is InChI=1S/C31H44N2O2/c1-21-27(29(34)32-26-11-14-35-20-26)18-28(33(21)19-22-9-7-6-8-10-22)23-15-24(30(2,3)4)17-25(16-23)31(5)12-13-31/h15-18,22,26H,6-14,19-20H2,1-5H3,(H,32,34)/t26-/m1/s1. The lowest BCUT2D eigenvalue weighted by Crippen LogP contribution is -2.35. The van der Waals surface area contributed by atoms with Gasteiger partial charge < -0.3 is 14.6 Å². The zero-order valence-electron chi connectivity index (χ0n) is 22.5. The van der Waals surface area contributed by atoms with Gasteiger partial charge in [0.05, 0.1) is 18.2 Å². The SMILES string of the molecule is Cc1c(C(=O)N[C@@H]2CCOC2)cc(-c2cc(C(C)(C)C)cc(C3(C)CC3)c2)n1CC1CCCCC1. The minimum atomic E-state index is 0.0444. The first-order valence-electron chi connectivity index (χ1n) is 13.9. The van der Waals surface area contributed by atoms with Gasteiger partial charge in [-0.25, -0.2) is 0 Å². The number of benzene rings is 1. The summed E-state index contributed by atoms with van der Waals surface area (Å²) in [6, 6.07) is 9.53. The summed E-state index contributed by atoms with van der Waals surface area (Å²) in [4.78, 5) is 13.4. The molecule has 35 heavy (non-hydrogen) atoms. The number of amides is 1. The van der Waals surface area contributed by atoms with Crippen molar-refractivity contribution in [2.75, 3.05) is 13.2 Å². The van der Waals surface area contributed by atoms with Crippen molar-refractivity contribution in [3.63, 3.8) is 0 Å². The highest BCUT2D eigenvalue weighted by Crippen LogP contribution is 2.49. The van der Waals surface area contributed by atoms with E-state index >= 15 is 0 Å². The Morgan fingerprint density at radius 1 is 1.09 bits per heavy atom. The molecule has 1 amide bonds. The summed E-state index contributed by atoms with van der Waals surface area (Å²) in [6.45, 7) is 13.8. The van der Waals surface area contributed by atoms with Crippen molar-refractivity contribution < 1.29 is 9.53 Å². The molecule has 1 aromatic heterocycles. The fraction of sp³-hybridized carbons (Fsp3) is 0.645. The molecule has 0 unspecified atom stereocenters. The molecule has 1 aromatic carbocycles. The third kappa shape index (κ3) is 5.23. The summed E-state index contributed by atoms with van der Waals surface area (Å²) in [7, 11) is 0. The summed E-state index contributed by atoms with van der Waals surface area (Å²) in [6.07, 6.45) is 10.0. The molecule has 0 bridgehead atoms. The molecule has 2 aromatic rings. The minimum absolute atomic E-state index is 0.0444. The van der Waals surface area contributed by atoms with Crippen LogP contribution in [0.4, 0.5) is 0 Å². The van der Waals surface area contributed by atoms with Gasteiger partial charge in [-0.3, -0.25) is 4.79 Å². The Morgan fingerprint density at radius 2 is 1.83 bits per heavy atom. The van der Waals surface area contributed by atoms with E-state index in [2.05, 4.69) is 68.8 Å². The molecule has 2 aliphatic carbocycles. The van der Waals surface area contributed by atoms with Gasteiger partial charge in [0.2, 0.25) is 0 Å². The molecule has 2 saturated carbocycles. The number of rotatable bonds is 6. The molecule has 190 valence electrons. The second-order valence-electron chi connectivity index (χ2n) is 12.8. The number of carbonyl (C=O) groups is 1. The number of hydrogen-bond donors (Lipinski definition) is 1. The molecular formula is C31H44N2O2. The molecule has 0 spiro atoms. The van der Waals surface area contributed by atoms with Gasteiger partial charge in [0, 0.05) is 24.5 Å². The normalized spacial score (nSPS) is 22.4.